The van der Waals surface area contributed by atoms with E-state index in [2.05, 4.69) is 6.58 Å². The van der Waals surface area contributed by atoms with Crippen molar-refractivity contribution in [3.63, 3.8) is 0 Å². The van der Waals surface area contributed by atoms with Gasteiger partial charge in [0.2, 0.25) is 0 Å². The van der Waals surface area contributed by atoms with Crippen LogP contribution in [-0.4, -0.2) is 14.3 Å². The summed E-state index contributed by atoms with van der Waals surface area (Å²) in [5.74, 6) is -0.247. The summed E-state index contributed by atoms with van der Waals surface area (Å²) >= 11 is 0. The molecule has 1 atom stereocenters. The zero-order valence-corrected chi connectivity index (χ0v) is 9.49. The first-order valence-corrected chi connectivity index (χ1v) is 6.96. The van der Waals surface area contributed by atoms with Crippen LogP contribution in [0, 0.1) is 0 Å². The van der Waals surface area contributed by atoms with Gasteiger partial charge in [-0.3, -0.25) is 4.79 Å². The molecule has 0 N–H and O–H groups in total. The van der Waals surface area contributed by atoms with E-state index in [0.29, 0.717) is 0 Å². The van der Waals surface area contributed by atoms with Crippen molar-refractivity contribution >= 4 is 19.5 Å². The van der Waals surface area contributed by atoms with Crippen LogP contribution in [0.3, 0.4) is 0 Å². The van der Waals surface area contributed by atoms with Crippen molar-refractivity contribution in [3.8, 4) is 0 Å². The minimum atomic E-state index is -2.25. The van der Waals surface area contributed by atoms with E-state index < -0.39 is 8.32 Å². The standard InChI is InChI=1S/C11H14O2Si/c1-4-14(3,13-10(2)12)11-8-6-5-7-9-11/h4-9H,1H2,2-3H3. The largest absolute Gasteiger partial charge is 0.511 e. The molecule has 0 spiro atoms. The molecule has 74 valence electrons. The number of carbonyl (C=O) groups excluding carboxylic acids is 1. The SMILES string of the molecule is C=C[Si](C)(OC(C)=O)c1ccccc1. The normalized spacial score (nSPS) is 14.1. The van der Waals surface area contributed by atoms with Crippen LogP contribution >= 0.6 is 0 Å². The molecule has 1 aromatic carbocycles. The third kappa shape index (κ3) is 2.32. The van der Waals surface area contributed by atoms with Crippen molar-refractivity contribution in [2.45, 2.75) is 13.5 Å². The van der Waals surface area contributed by atoms with Gasteiger partial charge in [0.15, 0.2) is 0 Å². The highest BCUT2D eigenvalue weighted by Crippen LogP contribution is 2.07. The maximum Gasteiger partial charge on any atom is 0.307 e. The molecule has 1 rings (SSSR count). The van der Waals surface area contributed by atoms with Gasteiger partial charge in [-0.15, -0.1) is 6.58 Å². The third-order valence-corrected chi connectivity index (χ3v) is 5.06. The van der Waals surface area contributed by atoms with Crippen LogP contribution in [0.4, 0.5) is 0 Å². The smallest absolute Gasteiger partial charge is 0.307 e. The molecular formula is C11H14O2Si. The van der Waals surface area contributed by atoms with E-state index in [1.54, 1.807) is 5.70 Å². The van der Waals surface area contributed by atoms with E-state index in [4.69, 9.17) is 4.43 Å². The first-order chi connectivity index (χ1) is 6.58. The molecule has 0 saturated heterocycles. The van der Waals surface area contributed by atoms with Gasteiger partial charge in [-0.25, -0.2) is 0 Å². The van der Waals surface area contributed by atoms with Gasteiger partial charge in [-0.05, 0) is 11.7 Å². The van der Waals surface area contributed by atoms with E-state index >= 15 is 0 Å². The molecule has 0 heterocycles. The van der Waals surface area contributed by atoms with Crippen LogP contribution in [0.25, 0.3) is 0 Å². The summed E-state index contributed by atoms with van der Waals surface area (Å²) in [6, 6.07) is 9.75. The molecular weight excluding hydrogens is 192 g/mol. The van der Waals surface area contributed by atoms with E-state index in [1.165, 1.54) is 6.92 Å². The van der Waals surface area contributed by atoms with Gasteiger partial charge < -0.3 is 4.43 Å². The topological polar surface area (TPSA) is 26.3 Å². The Kier molecular flexibility index (Phi) is 3.25. The lowest BCUT2D eigenvalue weighted by atomic mass is 10.4. The molecule has 0 bridgehead atoms. The monoisotopic (exact) mass is 206 g/mol. The van der Waals surface area contributed by atoms with Crippen LogP contribution < -0.4 is 5.19 Å². The van der Waals surface area contributed by atoms with Gasteiger partial charge >= 0.3 is 8.32 Å². The average Bonchev–Trinajstić information content (AvgIpc) is 2.18. The Labute approximate surface area is 85.3 Å². The summed E-state index contributed by atoms with van der Waals surface area (Å²) in [5.41, 5.74) is 1.77. The van der Waals surface area contributed by atoms with Gasteiger partial charge in [-0.1, -0.05) is 36.0 Å². The van der Waals surface area contributed by atoms with E-state index in [1.807, 2.05) is 36.9 Å². The summed E-state index contributed by atoms with van der Waals surface area (Å²) < 4.78 is 5.35. The number of hydrogen-bond acceptors (Lipinski definition) is 2. The molecule has 0 aromatic heterocycles. The van der Waals surface area contributed by atoms with E-state index in [0.717, 1.165) is 5.19 Å². The predicted octanol–water partition coefficient (Wildman–Crippen LogP) is 1.76. The van der Waals surface area contributed by atoms with Gasteiger partial charge in [0.1, 0.15) is 0 Å². The van der Waals surface area contributed by atoms with Gasteiger partial charge in [0.05, 0.1) is 0 Å². The van der Waals surface area contributed by atoms with E-state index in [9.17, 15) is 4.79 Å². The van der Waals surface area contributed by atoms with Crippen LogP contribution in [0.1, 0.15) is 6.92 Å². The van der Waals surface area contributed by atoms with Crippen molar-refractivity contribution in [2.75, 3.05) is 0 Å². The van der Waals surface area contributed by atoms with Crippen molar-refractivity contribution in [3.05, 3.63) is 42.6 Å². The number of rotatable bonds is 3. The molecule has 0 aliphatic heterocycles. The molecule has 1 unspecified atom stereocenters. The fourth-order valence-corrected chi connectivity index (χ4v) is 3.17. The first-order valence-electron chi connectivity index (χ1n) is 4.47. The summed E-state index contributed by atoms with van der Waals surface area (Å²) in [6.45, 7) is 7.13. The molecule has 3 heteroatoms. The molecule has 0 radical (unpaired) electrons. The zero-order valence-electron chi connectivity index (χ0n) is 8.49. The van der Waals surface area contributed by atoms with Crippen LogP contribution in [0.5, 0.6) is 0 Å². The Morgan fingerprint density at radius 2 is 2.00 bits per heavy atom. The quantitative estimate of drug-likeness (QED) is 0.704. The maximum absolute atomic E-state index is 11.0. The second-order valence-corrected chi connectivity index (χ2v) is 6.67. The van der Waals surface area contributed by atoms with Gasteiger partial charge in [-0.2, -0.15) is 0 Å². The Bertz CT molecular complexity index is 334. The lowest BCUT2D eigenvalue weighted by Gasteiger charge is -2.22. The fourth-order valence-electron chi connectivity index (χ4n) is 1.29. The lowest BCUT2D eigenvalue weighted by Crippen LogP contribution is -2.47. The molecule has 0 fully saturated rings. The van der Waals surface area contributed by atoms with Crippen molar-refractivity contribution in [1.82, 2.24) is 0 Å². The summed E-state index contributed by atoms with van der Waals surface area (Å²) in [6.07, 6.45) is 0. The maximum atomic E-state index is 11.0. The van der Waals surface area contributed by atoms with Gasteiger partial charge in [0, 0.05) is 6.92 Å². The highest BCUT2D eigenvalue weighted by atomic mass is 28.4. The van der Waals surface area contributed by atoms with Crippen molar-refractivity contribution < 1.29 is 9.22 Å². The van der Waals surface area contributed by atoms with Crippen LogP contribution in [0.2, 0.25) is 6.55 Å². The second kappa shape index (κ2) is 4.24. The Morgan fingerprint density at radius 3 is 2.43 bits per heavy atom. The predicted molar refractivity (Wildman–Crippen MR) is 59.7 cm³/mol. The minimum absolute atomic E-state index is 0.247. The third-order valence-electron chi connectivity index (χ3n) is 2.09. The van der Waals surface area contributed by atoms with Crippen molar-refractivity contribution in [1.29, 1.82) is 0 Å². The molecule has 0 aliphatic rings. The summed E-state index contributed by atoms with van der Waals surface area (Å²) in [7, 11) is -2.25. The lowest BCUT2D eigenvalue weighted by molar-refractivity contribution is -0.132. The molecule has 2 nitrogen and oxygen atoms in total. The molecule has 0 amide bonds. The first kappa shape index (κ1) is 10.7. The second-order valence-electron chi connectivity index (χ2n) is 3.27. The number of hydrogen-bond donors (Lipinski definition) is 0. The zero-order chi connectivity index (χ0) is 10.6. The summed E-state index contributed by atoms with van der Waals surface area (Å²) in [5, 5.41) is 1.06. The molecule has 0 saturated carbocycles. The number of benzene rings is 1. The molecule has 0 aliphatic carbocycles. The summed E-state index contributed by atoms with van der Waals surface area (Å²) in [4.78, 5) is 11.0. The average molecular weight is 206 g/mol. The Hall–Kier alpha value is -1.35. The van der Waals surface area contributed by atoms with Gasteiger partial charge in [0.25, 0.3) is 5.97 Å². The molecule has 14 heavy (non-hydrogen) atoms. The van der Waals surface area contributed by atoms with Crippen LogP contribution in [-0.2, 0) is 9.22 Å². The molecule has 1 aromatic rings. The Balaban J connectivity index is 3.01. The van der Waals surface area contributed by atoms with Crippen LogP contribution in [0.15, 0.2) is 42.6 Å². The number of carbonyl (C=O) groups is 1. The highest BCUT2D eigenvalue weighted by Gasteiger charge is 2.30. The van der Waals surface area contributed by atoms with Crippen molar-refractivity contribution in [2.24, 2.45) is 0 Å². The fraction of sp³-hybridized carbons (Fsp3) is 0.182. The van der Waals surface area contributed by atoms with E-state index in [-0.39, 0.29) is 5.97 Å². The highest BCUT2D eigenvalue weighted by molar-refractivity contribution is 6.90. The minimum Gasteiger partial charge on any atom is -0.511 e. The Morgan fingerprint density at radius 1 is 1.43 bits per heavy atom.